The van der Waals surface area contributed by atoms with Crippen LogP contribution in [-0.4, -0.2) is 6.04 Å². The smallest absolute Gasteiger partial charge is 0.194 e. The molecule has 1 saturated carbocycles. The van der Waals surface area contributed by atoms with Gasteiger partial charge in [-0.3, -0.25) is 0 Å². The van der Waals surface area contributed by atoms with Crippen LogP contribution in [0.1, 0.15) is 43.2 Å². The molecule has 0 saturated heterocycles. The lowest BCUT2D eigenvalue weighted by molar-refractivity contribution is 0.213. The predicted octanol–water partition coefficient (Wildman–Crippen LogP) is 3.73. The highest BCUT2D eigenvalue weighted by Gasteiger charge is 2.31. The molecule has 0 aliphatic heterocycles. The Morgan fingerprint density at radius 2 is 1.60 bits per heavy atom. The van der Waals surface area contributed by atoms with E-state index >= 15 is 0 Å². The molecule has 1 nitrogen and oxygen atoms in total. The second-order valence-corrected chi connectivity index (χ2v) is 6.30. The van der Waals surface area contributed by atoms with Gasteiger partial charge < -0.3 is 5.73 Å². The molecule has 0 radical (unpaired) electrons. The van der Waals surface area contributed by atoms with Crippen molar-refractivity contribution in [3.63, 3.8) is 0 Å². The van der Waals surface area contributed by atoms with Crippen LogP contribution >= 0.6 is 0 Å². The fraction of sp³-hybridized carbons (Fsp3) is 0.625. The summed E-state index contributed by atoms with van der Waals surface area (Å²) in [5, 5.41) is 0. The van der Waals surface area contributed by atoms with E-state index in [1.807, 2.05) is 0 Å². The second-order valence-electron chi connectivity index (χ2n) is 6.30. The Morgan fingerprint density at radius 3 is 2.30 bits per heavy atom. The van der Waals surface area contributed by atoms with E-state index in [4.69, 9.17) is 5.73 Å². The quantitative estimate of drug-likeness (QED) is 0.781. The van der Waals surface area contributed by atoms with E-state index in [1.54, 1.807) is 0 Å². The van der Waals surface area contributed by atoms with Crippen molar-refractivity contribution in [2.24, 2.45) is 17.6 Å². The largest absolute Gasteiger partial charge is 0.328 e. The number of fused-ring (bicyclic) bond motifs is 1. The summed E-state index contributed by atoms with van der Waals surface area (Å²) in [6.45, 7) is 0. The van der Waals surface area contributed by atoms with E-state index in [-0.39, 0.29) is 0 Å². The van der Waals surface area contributed by atoms with Crippen molar-refractivity contribution in [3.05, 3.63) is 34.6 Å². The van der Waals surface area contributed by atoms with Gasteiger partial charge in [-0.25, -0.2) is 13.2 Å². The maximum Gasteiger partial charge on any atom is 0.194 e. The Balaban J connectivity index is 1.78. The lowest BCUT2D eigenvalue weighted by Crippen LogP contribution is -2.32. The Morgan fingerprint density at radius 1 is 0.900 bits per heavy atom. The van der Waals surface area contributed by atoms with Crippen molar-refractivity contribution in [3.8, 4) is 0 Å². The molecule has 0 heterocycles. The Bertz CT molecular complexity index is 507. The topological polar surface area (TPSA) is 26.0 Å². The Hall–Kier alpha value is -1.03. The number of nitrogens with two attached hydrogens (primary N) is 1. The van der Waals surface area contributed by atoms with Crippen LogP contribution in [-0.2, 0) is 12.8 Å². The maximum atomic E-state index is 13.7. The minimum absolute atomic E-state index is 0.311. The van der Waals surface area contributed by atoms with E-state index in [0.29, 0.717) is 41.8 Å². The highest BCUT2D eigenvalue weighted by molar-refractivity contribution is 5.33. The lowest BCUT2D eigenvalue weighted by Gasteiger charge is -2.35. The first-order chi connectivity index (χ1) is 9.56. The maximum absolute atomic E-state index is 13.7. The number of benzene rings is 1. The minimum atomic E-state index is -1.33. The summed E-state index contributed by atoms with van der Waals surface area (Å²) in [7, 11) is 0. The van der Waals surface area contributed by atoms with Crippen LogP contribution in [0.25, 0.3) is 0 Å². The highest BCUT2D eigenvalue weighted by Crippen LogP contribution is 2.38. The minimum Gasteiger partial charge on any atom is -0.328 e. The molecule has 2 N–H and O–H groups in total. The van der Waals surface area contributed by atoms with Crippen LogP contribution in [0.3, 0.4) is 0 Å². The molecule has 1 unspecified atom stereocenters. The third-order valence-electron chi connectivity index (χ3n) is 5.09. The number of rotatable bonds is 1. The molecular weight excluding hydrogens is 263 g/mol. The van der Waals surface area contributed by atoms with Gasteiger partial charge in [-0.05, 0) is 74.0 Å². The molecule has 2 aliphatic rings. The van der Waals surface area contributed by atoms with E-state index in [1.165, 1.54) is 6.07 Å². The van der Waals surface area contributed by atoms with Crippen molar-refractivity contribution in [1.29, 1.82) is 0 Å². The van der Waals surface area contributed by atoms with Crippen LogP contribution in [0, 0.1) is 29.3 Å². The monoisotopic (exact) mass is 283 g/mol. The van der Waals surface area contributed by atoms with Crippen LogP contribution in [0.5, 0.6) is 0 Å². The van der Waals surface area contributed by atoms with E-state index < -0.39 is 17.5 Å². The molecule has 0 amide bonds. The fourth-order valence-corrected chi connectivity index (χ4v) is 3.87. The van der Waals surface area contributed by atoms with E-state index in [9.17, 15) is 13.2 Å². The molecule has 0 spiro atoms. The van der Waals surface area contributed by atoms with Gasteiger partial charge in [0.1, 0.15) is 0 Å². The third kappa shape index (κ3) is 2.46. The van der Waals surface area contributed by atoms with Crippen molar-refractivity contribution in [1.82, 2.24) is 0 Å². The second kappa shape index (κ2) is 5.40. The molecule has 1 atom stereocenters. The SMILES string of the molecule is NC1CCC(C2CCc3c(cc(F)c(F)c3F)C2)CC1. The summed E-state index contributed by atoms with van der Waals surface area (Å²) in [4.78, 5) is 0. The van der Waals surface area contributed by atoms with Crippen molar-refractivity contribution in [2.45, 2.75) is 51.0 Å². The zero-order valence-electron chi connectivity index (χ0n) is 11.5. The first-order valence-corrected chi connectivity index (χ1v) is 7.47. The van der Waals surface area contributed by atoms with Gasteiger partial charge in [0.25, 0.3) is 0 Å². The van der Waals surface area contributed by atoms with Crippen molar-refractivity contribution < 1.29 is 13.2 Å². The molecule has 0 aromatic heterocycles. The van der Waals surface area contributed by atoms with Gasteiger partial charge in [0.05, 0.1) is 0 Å². The molecule has 3 rings (SSSR count). The van der Waals surface area contributed by atoms with Crippen LogP contribution in [0.4, 0.5) is 13.2 Å². The zero-order chi connectivity index (χ0) is 14.3. The molecule has 2 aliphatic carbocycles. The third-order valence-corrected chi connectivity index (χ3v) is 5.09. The van der Waals surface area contributed by atoms with Gasteiger partial charge in [-0.15, -0.1) is 0 Å². The van der Waals surface area contributed by atoms with Gasteiger partial charge in [-0.1, -0.05) is 0 Å². The predicted molar refractivity (Wildman–Crippen MR) is 71.8 cm³/mol. The summed E-state index contributed by atoms with van der Waals surface area (Å²) in [6, 6.07) is 1.50. The van der Waals surface area contributed by atoms with Crippen LogP contribution < -0.4 is 5.73 Å². The average Bonchev–Trinajstić information content (AvgIpc) is 2.45. The summed E-state index contributed by atoms with van der Waals surface area (Å²) < 4.78 is 40.3. The van der Waals surface area contributed by atoms with Gasteiger partial charge >= 0.3 is 0 Å². The molecule has 4 heteroatoms. The van der Waals surface area contributed by atoms with Crippen LogP contribution in [0.2, 0.25) is 0 Å². The molecule has 1 aromatic carbocycles. The molecule has 1 fully saturated rings. The van der Waals surface area contributed by atoms with Crippen molar-refractivity contribution >= 4 is 0 Å². The molecule has 1 aromatic rings. The Labute approximate surface area is 117 Å². The normalized spacial score (nSPS) is 30.1. The summed E-state index contributed by atoms with van der Waals surface area (Å²) >= 11 is 0. The van der Waals surface area contributed by atoms with Crippen LogP contribution in [0.15, 0.2) is 6.07 Å². The number of halogens is 3. The zero-order valence-corrected chi connectivity index (χ0v) is 11.5. The van der Waals surface area contributed by atoms with E-state index in [0.717, 1.165) is 32.1 Å². The van der Waals surface area contributed by atoms with Gasteiger partial charge in [0.2, 0.25) is 0 Å². The molecular formula is C16H20F3N. The molecule has 110 valence electrons. The van der Waals surface area contributed by atoms with Crippen molar-refractivity contribution in [2.75, 3.05) is 0 Å². The summed E-state index contributed by atoms with van der Waals surface area (Å²) in [5.74, 6) is -2.32. The van der Waals surface area contributed by atoms with Gasteiger partial charge in [0, 0.05) is 6.04 Å². The first kappa shape index (κ1) is 13.9. The summed E-state index contributed by atoms with van der Waals surface area (Å²) in [6.07, 6.45) is 6.35. The summed E-state index contributed by atoms with van der Waals surface area (Å²) in [5.41, 5.74) is 6.96. The first-order valence-electron chi connectivity index (χ1n) is 7.47. The fourth-order valence-electron chi connectivity index (χ4n) is 3.87. The number of hydrogen-bond donors (Lipinski definition) is 1. The number of hydrogen-bond acceptors (Lipinski definition) is 1. The lowest BCUT2D eigenvalue weighted by atomic mass is 9.71. The molecule has 20 heavy (non-hydrogen) atoms. The standard InChI is InChI=1S/C16H20F3N/c17-14-8-11-7-10(9-1-4-12(20)5-2-9)3-6-13(11)15(18)16(14)19/h8-10,12H,1-7,20H2. The molecule has 0 bridgehead atoms. The highest BCUT2D eigenvalue weighted by atomic mass is 19.2. The van der Waals surface area contributed by atoms with E-state index in [2.05, 4.69) is 0 Å². The van der Waals surface area contributed by atoms with Gasteiger partial charge in [0.15, 0.2) is 17.5 Å². The Kier molecular flexibility index (Phi) is 3.76. The average molecular weight is 283 g/mol. The van der Waals surface area contributed by atoms with Gasteiger partial charge in [-0.2, -0.15) is 0 Å².